The standard InChI is InChI=1S/C6H4F.C2H3Cl2.Sn.2H/c7-6-4-2-1-3-5-6;1-2(3)4;;;/h2-5H;2H,1H2;;;. The fourth-order valence-corrected chi connectivity index (χ4v) is 5.59. The summed E-state index contributed by atoms with van der Waals surface area (Å²) in [5, 5.41) is 0. The molecule has 0 N–H and O–H groups in total. The second kappa shape index (κ2) is 5.30. The van der Waals surface area contributed by atoms with Crippen LogP contribution in [0.3, 0.4) is 0 Å². The van der Waals surface area contributed by atoms with Gasteiger partial charge in [-0.2, -0.15) is 0 Å². The molecule has 0 aliphatic rings. The van der Waals surface area contributed by atoms with Crippen molar-refractivity contribution in [2.24, 2.45) is 0 Å². The normalized spacial score (nSPS) is 11.7. The van der Waals surface area contributed by atoms with Gasteiger partial charge in [0.1, 0.15) is 0 Å². The van der Waals surface area contributed by atoms with Gasteiger partial charge in [-0.1, -0.05) is 0 Å². The van der Waals surface area contributed by atoms with E-state index in [0.717, 1.165) is 4.44 Å². The van der Waals surface area contributed by atoms with Crippen LogP contribution >= 0.6 is 23.2 Å². The minimum absolute atomic E-state index is 0.182. The number of halogens is 3. The van der Waals surface area contributed by atoms with Gasteiger partial charge in [-0.25, -0.2) is 0 Å². The Morgan fingerprint density at radius 2 is 1.83 bits per heavy atom. The van der Waals surface area contributed by atoms with Gasteiger partial charge in [-0.15, -0.1) is 0 Å². The third-order valence-electron chi connectivity index (χ3n) is 1.56. The first-order chi connectivity index (χ1) is 5.68. The Labute approximate surface area is 91.3 Å². The first kappa shape index (κ1) is 10.6. The number of alkyl halides is 2. The molecule has 0 spiro atoms. The molecule has 0 nitrogen and oxygen atoms in total. The Morgan fingerprint density at radius 3 is 2.33 bits per heavy atom. The van der Waals surface area contributed by atoms with Gasteiger partial charge in [-0.05, 0) is 0 Å². The van der Waals surface area contributed by atoms with Crippen molar-refractivity contribution < 1.29 is 4.39 Å². The van der Waals surface area contributed by atoms with Crippen LogP contribution in [0.1, 0.15) is 0 Å². The van der Waals surface area contributed by atoms with Crippen LogP contribution in [0.2, 0.25) is 4.44 Å². The quantitative estimate of drug-likeness (QED) is 0.590. The summed E-state index contributed by atoms with van der Waals surface area (Å²) >= 11 is 10.2. The van der Waals surface area contributed by atoms with Gasteiger partial charge in [0, 0.05) is 0 Å². The van der Waals surface area contributed by atoms with E-state index >= 15 is 0 Å². The summed E-state index contributed by atoms with van der Waals surface area (Å²) in [6.07, 6.45) is 0. The van der Waals surface area contributed by atoms with E-state index in [9.17, 15) is 4.39 Å². The molecule has 1 rings (SSSR count). The van der Waals surface area contributed by atoms with Crippen LogP contribution in [0.5, 0.6) is 0 Å². The summed E-state index contributed by atoms with van der Waals surface area (Å²) in [5.74, 6) is -0.182. The van der Waals surface area contributed by atoms with Crippen molar-refractivity contribution >= 4 is 47.9 Å². The number of benzene rings is 1. The predicted octanol–water partition coefficient (Wildman–Crippen LogP) is 1.84. The Balaban J connectivity index is 2.48. The van der Waals surface area contributed by atoms with Gasteiger partial charge >= 0.3 is 91.7 Å². The third kappa shape index (κ3) is 3.96. The maximum atomic E-state index is 12.5. The average molecular weight is 314 g/mol. The van der Waals surface area contributed by atoms with E-state index < -0.39 is 21.1 Å². The van der Waals surface area contributed by atoms with Gasteiger partial charge in [-0.3, -0.25) is 0 Å². The minimum atomic E-state index is -1.02. The van der Waals surface area contributed by atoms with Crippen LogP contribution < -0.4 is 3.58 Å². The van der Waals surface area contributed by atoms with Gasteiger partial charge < -0.3 is 0 Å². The Kier molecular flexibility index (Phi) is 4.69. The molecular formula is C8H9Cl2FSn. The average Bonchev–Trinajstić information content (AvgIpc) is 2.03. The SMILES string of the molecule is Fc1cc[c]([SnH2][CH2]C(Cl)Cl)cc1. The third-order valence-corrected chi connectivity index (χ3v) is 9.55. The van der Waals surface area contributed by atoms with Crippen LogP contribution in [0.15, 0.2) is 24.3 Å². The zero-order chi connectivity index (χ0) is 8.97. The monoisotopic (exact) mass is 314 g/mol. The van der Waals surface area contributed by atoms with Crippen LogP contribution in [-0.4, -0.2) is 26.0 Å². The number of hydrogen-bond donors (Lipinski definition) is 0. The second-order valence-electron chi connectivity index (χ2n) is 2.56. The maximum absolute atomic E-state index is 12.5. The van der Waals surface area contributed by atoms with E-state index in [-0.39, 0.29) is 10.7 Å². The van der Waals surface area contributed by atoms with Crippen molar-refractivity contribution in [1.82, 2.24) is 0 Å². The van der Waals surface area contributed by atoms with Gasteiger partial charge in [0.2, 0.25) is 0 Å². The summed E-state index contributed by atoms with van der Waals surface area (Å²) in [6, 6.07) is 6.65. The van der Waals surface area contributed by atoms with E-state index in [0.29, 0.717) is 0 Å². The molecule has 0 aromatic heterocycles. The van der Waals surface area contributed by atoms with Crippen molar-refractivity contribution in [2.45, 2.75) is 9.27 Å². The molecule has 0 unspecified atom stereocenters. The molecule has 0 aliphatic carbocycles. The van der Waals surface area contributed by atoms with Crippen molar-refractivity contribution in [3.63, 3.8) is 0 Å². The molecule has 0 bridgehead atoms. The topological polar surface area (TPSA) is 0 Å². The Morgan fingerprint density at radius 1 is 1.25 bits per heavy atom. The first-order valence-electron chi connectivity index (χ1n) is 3.71. The molecule has 1 aromatic carbocycles. The van der Waals surface area contributed by atoms with Gasteiger partial charge in [0.05, 0.1) is 0 Å². The molecule has 0 radical (unpaired) electrons. The molecule has 0 saturated carbocycles. The Bertz CT molecular complexity index is 235. The molecule has 0 heterocycles. The fraction of sp³-hybridized carbons (Fsp3) is 0.250. The molecule has 12 heavy (non-hydrogen) atoms. The predicted molar refractivity (Wildman–Crippen MR) is 54.9 cm³/mol. The molecule has 4 heteroatoms. The van der Waals surface area contributed by atoms with Gasteiger partial charge in [0.15, 0.2) is 0 Å². The summed E-state index contributed by atoms with van der Waals surface area (Å²) in [5.41, 5.74) is 0. The zero-order valence-corrected chi connectivity index (χ0v) is 12.0. The van der Waals surface area contributed by atoms with Gasteiger partial charge in [0.25, 0.3) is 0 Å². The molecule has 0 aliphatic heterocycles. The van der Waals surface area contributed by atoms with Crippen LogP contribution in [-0.2, 0) is 0 Å². The molecular weight excluding hydrogens is 305 g/mol. The van der Waals surface area contributed by atoms with E-state index in [1.54, 1.807) is 0 Å². The van der Waals surface area contributed by atoms with E-state index in [4.69, 9.17) is 23.2 Å². The summed E-state index contributed by atoms with van der Waals surface area (Å²) < 4.78 is 14.6. The van der Waals surface area contributed by atoms with E-state index in [1.165, 1.54) is 15.7 Å². The summed E-state index contributed by atoms with van der Waals surface area (Å²) in [6.45, 7) is 0. The van der Waals surface area contributed by atoms with Crippen molar-refractivity contribution in [3.05, 3.63) is 30.1 Å². The fourth-order valence-electron chi connectivity index (χ4n) is 0.927. The number of rotatable bonds is 3. The first-order valence-corrected chi connectivity index (χ1v) is 9.45. The molecule has 66 valence electrons. The summed E-state index contributed by atoms with van der Waals surface area (Å²) in [7, 11) is 0. The van der Waals surface area contributed by atoms with E-state index in [1.807, 2.05) is 12.1 Å². The van der Waals surface area contributed by atoms with Crippen molar-refractivity contribution in [2.75, 3.05) is 0 Å². The van der Waals surface area contributed by atoms with Crippen LogP contribution in [0, 0.1) is 5.82 Å². The molecule has 0 fully saturated rings. The molecule has 1 aromatic rings. The summed E-state index contributed by atoms with van der Waals surface area (Å²) in [4.78, 5) is -0.245. The van der Waals surface area contributed by atoms with Crippen molar-refractivity contribution in [1.29, 1.82) is 0 Å². The van der Waals surface area contributed by atoms with Crippen molar-refractivity contribution in [3.8, 4) is 0 Å². The second-order valence-corrected chi connectivity index (χ2v) is 9.24. The zero-order valence-electron chi connectivity index (χ0n) is 6.43. The molecule has 0 atom stereocenters. The molecule has 0 saturated heterocycles. The number of hydrogen-bond acceptors (Lipinski definition) is 0. The molecule has 0 amide bonds. The van der Waals surface area contributed by atoms with Crippen LogP contribution in [0.4, 0.5) is 4.39 Å². The van der Waals surface area contributed by atoms with E-state index in [2.05, 4.69) is 0 Å². The van der Waals surface area contributed by atoms with Crippen LogP contribution in [0.25, 0.3) is 0 Å². The Hall–Kier alpha value is 0.529.